The third-order valence-corrected chi connectivity index (χ3v) is 5.53. The van der Waals surface area contributed by atoms with Crippen LogP contribution in [-0.2, 0) is 0 Å². The zero-order valence-electron chi connectivity index (χ0n) is 14.8. The molecule has 1 aliphatic rings. The third kappa shape index (κ3) is 3.92. The summed E-state index contributed by atoms with van der Waals surface area (Å²) in [6.45, 7) is 9.16. The minimum absolute atomic E-state index is 0.299. The molecule has 0 aliphatic carbocycles. The van der Waals surface area contributed by atoms with Crippen molar-refractivity contribution in [3.8, 4) is 11.5 Å². The first kappa shape index (κ1) is 17.3. The molecule has 4 atom stereocenters. The highest BCUT2D eigenvalue weighted by atomic mass is 35.5. The van der Waals surface area contributed by atoms with Crippen molar-refractivity contribution in [1.29, 1.82) is 0 Å². The predicted molar refractivity (Wildman–Crippen MR) is 106 cm³/mol. The van der Waals surface area contributed by atoms with Gasteiger partial charge in [-0.2, -0.15) is 0 Å². The summed E-state index contributed by atoms with van der Waals surface area (Å²) in [4.78, 5) is 2.51. The fourth-order valence-electron chi connectivity index (χ4n) is 3.09. The summed E-state index contributed by atoms with van der Waals surface area (Å²) in [5, 5.41) is 0.784. The van der Waals surface area contributed by atoms with Gasteiger partial charge in [0.1, 0.15) is 8.07 Å². The van der Waals surface area contributed by atoms with E-state index in [-0.39, 0.29) is 0 Å². The van der Waals surface area contributed by atoms with Crippen molar-refractivity contribution >= 4 is 19.7 Å². The van der Waals surface area contributed by atoms with Crippen molar-refractivity contribution in [2.24, 2.45) is 0 Å². The van der Waals surface area contributed by atoms with Crippen LogP contribution in [0.1, 0.15) is 30.1 Å². The molecule has 24 heavy (non-hydrogen) atoms. The first-order valence-corrected chi connectivity index (χ1v) is 12.4. The normalized spacial score (nSPS) is 24.0. The first-order valence-electron chi connectivity index (χ1n) is 8.47. The van der Waals surface area contributed by atoms with Gasteiger partial charge in [-0.25, -0.2) is 0 Å². The number of hydrogen-bond donors (Lipinski definition) is 0. The molecule has 124 valence electrons. The van der Waals surface area contributed by atoms with Crippen LogP contribution < -0.4 is 0 Å². The van der Waals surface area contributed by atoms with Crippen LogP contribution in [-0.4, -0.2) is 19.0 Å². The fourth-order valence-corrected chi connectivity index (χ4v) is 3.80. The van der Waals surface area contributed by atoms with E-state index in [1.54, 1.807) is 0 Å². The maximum Gasteiger partial charge on any atom is 0.129 e. The average molecular weight is 354 g/mol. The molecule has 2 aromatic carbocycles. The van der Waals surface area contributed by atoms with Crippen molar-refractivity contribution < 1.29 is 0 Å². The van der Waals surface area contributed by atoms with Gasteiger partial charge in [0.05, 0.1) is 12.1 Å². The Bertz CT molecular complexity index is 752. The van der Waals surface area contributed by atoms with Gasteiger partial charge in [0.15, 0.2) is 0 Å². The topological polar surface area (TPSA) is 3.01 Å². The van der Waals surface area contributed by atoms with Gasteiger partial charge >= 0.3 is 0 Å². The van der Waals surface area contributed by atoms with Crippen LogP contribution in [0.25, 0.3) is 0 Å². The molecule has 1 unspecified atom stereocenters. The molecule has 0 aromatic heterocycles. The predicted octanol–water partition coefficient (Wildman–Crippen LogP) is 5.71. The monoisotopic (exact) mass is 353 g/mol. The molecular formula is C21H24ClNSi. The van der Waals surface area contributed by atoms with Crippen LogP contribution in [0.2, 0.25) is 24.7 Å². The molecule has 0 bridgehead atoms. The molecule has 1 heterocycles. The van der Waals surface area contributed by atoms with Gasteiger partial charge < -0.3 is 0 Å². The summed E-state index contributed by atoms with van der Waals surface area (Å²) in [7, 11) is -1.37. The summed E-state index contributed by atoms with van der Waals surface area (Å²) in [6.07, 6.45) is 0. The Hall–Kier alpha value is -1.53. The molecule has 3 heteroatoms. The highest BCUT2D eigenvalue weighted by Crippen LogP contribution is 2.49. The number of halogens is 1. The second-order valence-electron chi connectivity index (χ2n) is 7.49. The maximum atomic E-state index is 6.05. The fraction of sp³-hybridized carbons (Fsp3) is 0.333. The summed E-state index contributed by atoms with van der Waals surface area (Å²) >= 11 is 6.05. The lowest BCUT2D eigenvalue weighted by molar-refractivity contribution is 0.398. The largest absolute Gasteiger partial charge is 0.272 e. The average Bonchev–Trinajstić information content (AvgIpc) is 3.27. The molecule has 0 amide bonds. The molecule has 1 aliphatic heterocycles. The number of hydrogen-bond acceptors (Lipinski definition) is 1. The highest BCUT2D eigenvalue weighted by molar-refractivity contribution is 6.83. The van der Waals surface area contributed by atoms with Crippen molar-refractivity contribution in [3.05, 3.63) is 70.7 Å². The Morgan fingerprint density at radius 2 is 1.62 bits per heavy atom. The summed E-state index contributed by atoms with van der Waals surface area (Å²) in [5.74, 6) is 3.57. The van der Waals surface area contributed by atoms with E-state index >= 15 is 0 Å². The minimum Gasteiger partial charge on any atom is -0.272 e. The third-order valence-electron chi connectivity index (χ3n) is 4.39. The van der Waals surface area contributed by atoms with E-state index in [2.05, 4.69) is 85.4 Å². The van der Waals surface area contributed by atoms with E-state index < -0.39 is 8.07 Å². The van der Waals surface area contributed by atoms with Gasteiger partial charge in [0, 0.05) is 11.1 Å². The molecule has 1 nitrogen and oxygen atoms in total. The molecular weight excluding hydrogens is 330 g/mol. The van der Waals surface area contributed by atoms with Crippen molar-refractivity contribution in [2.75, 3.05) is 0 Å². The smallest absolute Gasteiger partial charge is 0.129 e. The van der Waals surface area contributed by atoms with Gasteiger partial charge in [-0.3, -0.25) is 4.90 Å². The second-order valence-corrected chi connectivity index (χ2v) is 12.7. The minimum atomic E-state index is -1.37. The Morgan fingerprint density at radius 1 is 1.00 bits per heavy atom. The molecule has 3 rings (SSSR count). The van der Waals surface area contributed by atoms with Crippen molar-refractivity contribution in [2.45, 2.75) is 44.7 Å². The Balaban J connectivity index is 1.89. The van der Waals surface area contributed by atoms with Crippen molar-refractivity contribution in [1.82, 2.24) is 4.90 Å². The van der Waals surface area contributed by atoms with Crippen LogP contribution in [0.15, 0.2) is 54.6 Å². The standard InChI is InChI=1S/C21H24ClNSi/c1-16(17-8-6-5-7-9-17)23-20(14-15-24(2,3)4)21(23)18-10-12-19(22)13-11-18/h5-13,16,20-21H,1-4H3/t16-,20+,21-,23?/m0/s1. The molecule has 0 radical (unpaired) electrons. The molecule has 0 N–H and O–H groups in total. The molecule has 0 saturated carbocycles. The van der Waals surface area contributed by atoms with E-state index in [1.165, 1.54) is 11.1 Å². The van der Waals surface area contributed by atoms with Gasteiger partial charge in [0.25, 0.3) is 0 Å². The maximum absolute atomic E-state index is 6.05. The molecule has 2 aromatic rings. The first-order chi connectivity index (χ1) is 11.4. The van der Waals surface area contributed by atoms with Gasteiger partial charge in [-0.1, -0.05) is 79.6 Å². The Labute approximate surface area is 151 Å². The zero-order chi connectivity index (χ0) is 17.3. The van der Waals surface area contributed by atoms with Crippen LogP contribution in [0.3, 0.4) is 0 Å². The molecule has 1 saturated heterocycles. The lowest BCUT2D eigenvalue weighted by atomic mass is 10.1. The SMILES string of the molecule is C[C@@H](c1ccccc1)N1[C@H](C#C[Si](C)(C)C)[C@@H]1c1ccc(Cl)cc1. The summed E-state index contributed by atoms with van der Waals surface area (Å²) in [6, 6.07) is 19.9. The Kier molecular flexibility index (Phi) is 4.87. The van der Waals surface area contributed by atoms with E-state index in [1.807, 2.05) is 12.1 Å². The van der Waals surface area contributed by atoms with E-state index in [9.17, 15) is 0 Å². The van der Waals surface area contributed by atoms with E-state index in [0.29, 0.717) is 18.1 Å². The van der Waals surface area contributed by atoms with Crippen molar-refractivity contribution in [3.63, 3.8) is 0 Å². The van der Waals surface area contributed by atoms with Gasteiger partial charge in [-0.05, 0) is 30.2 Å². The molecule has 1 fully saturated rings. The van der Waals surface area contributed by atoms with E-state index in [4.69, 9.17) is 11.6 Å². The van der Waals surface area contributed by atoms with Gasteiger partial charge in [-0.15, -0.1) is 5.54 Å². The highest BCUT2D eigenvalue weighted by Gasteiger charge is 2.50. The number of nitrogens with zero attached hydrogens (tertiary/aromatic N) is 1. The number of benzene rings is 2. The number of rotatable bonds is 3. The van der Waals surface area contributed by atoms with Gasteiger partial charge in [0.2, 0.25) is 0 Å². The molecule has 0 spiro atoms. The summed E-state index contributed by atoms with van der Waals surface area (Å²) < 4.78 is 0. The zero-order valence-corrected chi connectivity index (χ0v) is 16.5. The van der Waals surface area contributed by atoms with Crippen LogP contribution >= 0.6 is 11.6 Å². The lowest BCUT2D eigenvalue weighted by Gasteiger charge is -2.14. The van der Waals surface area contributed by atoms with Crippen LogP contribution in [0, 0.1) is 11.5 Å². The van der Waals surface area contributed by atoms with Crippen LogP contribution in [0.4, 0.5) is 0 Å². The quantitative estimate of drug-likeness (QED) is 0.388. The summed E-state index contributed by atoms with van der Waals surface area (Å²) in [5.41, 5.74) is 6.20. The van der Waals surface area contributed by atoms with Crippen LogP contribution in [0.5, 0.6) is 0 Å². The second kappa shape index (κ2) is 6.76. The van der Waals surface area contributed by atoms with E-state index in [0.717, 1.165) is 5.02 Å². The lowest BCUT2D eigenvalue weighted by Crippen LogP contribution is -2.17. The Morgan fingerprint density at radius 3 is 2.21 bits per heavy atom.